The number of rotatable bonds is 6. The van der Waals surface area contributed by atoms with Crippen molar-refractivity contribution in [1.29, 1.82) is 0 Å². The summed E-state index contributed by atoms with van der Waals surface area (Å²) in [6.07, 6.45) is 0. The van der Waals surface area contributed by atoms with Crippen molar-refractivity contribution in [2.75, 3.05) is 20.6 Å². The highest BCUT2D eigenvalue weighted by atomic mass is 32.2. The van der Waals surface area contributed by atoms with Gasteiger partial charge in [0.2, 0.25) is 10.0 Å². The summed E-state index contributed by atoms with van der Waals surface area (Å²) in [5.41, 5.74) is -0.261. The average molecular weight is 292 g/mol. The Morgan fingerprint density at radius 2 is 2.06 bits per heavy atom. The van der Waals surface area contributed by atoms with Crippen LogP contribution in [0.25, 0.3) is 0 Å². The van der Waals surface area contributed by atoms with Gasteiger partial charge < -0.3 is 10.0 Å². The minimum atomic E-state index is -3.49. The summed E-state index contributed by atoms with van der Waals surface area (Å²) >= 11 is 1.24. The van der Waals surface area contributed by atoms with Crippen LogP contribution in [0.3, 0.4) is 0 Å². The van der Waals surface area contributed by atoms with Gasteiger partial charge in [0.25, 0.3) is 0 Å². The van der Waals surface area contributed by atoms with Crippen molar-refractivity contribution in [2.45, 2.75) is 30.9 Å². The van der Waals surface area contributed by atoms with E-state index in [1.165, 1.54) is 22.8 Å². The molecule has 0 amide bonds. The summed E-state index contributed by atoms with van der Waals surface area (Å²) < 4.78 is 26.6. The highest BCUT2D eigenvalue weighted by Crippen LogP contribution is 2.19. The molecule has 0 saturated carbocycles. The lowest BCUT2D eigenvalue weighted by Gasteiger charge is -2.32. The van der Waals surface area contributed by atoms with Gasteiger partial charge in [-0.1, -0.05) is 0 Å². The minimum Gasteiger partial charge on any atom is -0.391 e. The van der Waals surface area contributed by atoms with E-state index in [2.05, 4.69) is 4.72 Å². The first kappa shape index (κ1) is 15.6. The van der Waals surface area contributed by atoms with Gasteiger partial charge in [-0.2, -0.15) is 0 Å². The molecule has 0 aliphatic carbocycles. The van der Waals surface area contributed by atoms with E-state index >= 15 is 0 Å². The second-order valence-corrected chi connectivity index (χ2v) is 7.70. The second kappa shape index (κ2) is 5.66. The van der Waals surface area contributed by atoms with Gasteiger partial charge in [0.05, 0.1) is 11.5 Å². The van der Waals surface area contributed by atoms with Crippen molar-refractivity contribution >= 4 is 21.4 Å². The normalized spacial score (nSPS) is 13.2. The van der Waals surface area contributed by atoms with Crippen LogP contribution in [0.15, 0.2) is 16.3 Å². The molecule has 5 nitrogen and oxygen atoms in total. The minimum absolute atomic E-state index is 0.136. The molecular weight excluding hydrogens is 272 g/mol. The molecule has 0 saturated heterocycles. The van der Waals surface area contributed by atoms with Crippen LogP contribution < -0.4 is 4.72 Å². The van der Waals surface area contributed by atoms with Crippen molar-refractivity contribution in [3.05, 3.63) is 16.3 Å². The molecule has 1 heterocycles. The zero-order valence-electron chi connectivity index (χ0n) is 11.1. The smallest absolute Gasteiger partial charge is 0.241 e. The highest BCUT2D eigenvalue weighted by Gasteiger charge is 2.24. The van der Waals surface area contributed by atoms with Crippen LogP contribution in [0, 0.1) is 0 Å². The lowest BCUT2D eigenvalue weighted by Crippen LogP contribution is -2.48. The molecule has 0 spiro atoms. The van der Waals surface area contributed by atoms with Crippen molar-refractivity contribution in [2.24, 2.45) is 0 Å². The number of sulfonamides is 1. The van der Waals surface area contributed by atoms with Gasteiger partial charge in [0.15, 0.2) is 0 Å². The fourth-order valence-electron chi connectivity index (χ4n) is 1.10. The number of aliphatic hydroxyl groups excluding tert-OH is 1. The van der Waals surface area contributed by atoms with E-state index in [1.54, 1.807) is 0 Å². The van der Waals surface area contributed by atoms with E-state index in [0.717, 1.165) is 0 Å². The Bertz CT molecular complexity index is 492. The van der Waals surface area contributed by atoms with E-state index in [1.807, 2.05) is 32.8 Å². The first-order valence-electron chi connectivity index (χ1n) is 5.54. The van der Waals surface area contributed by atoms with E-state index in [9.17, 15) is 8.42 Å². The molecule has 1 aromatic rings. The van der Waals surface area contributed by atoms with Crippen molar-refractivity contribution in [1.82, 2.24) is 9.62 Å². The summed E-state index contributed by atoms with van der Waals surface area (Å²) in [6, 6.07) is 1.50. The number of nitrogens with one attached hydrogen (secondary N) is 1. The maximum atomic E-state index is 12.0. The Morgan fingerprint density at radius 3 is 2.50 bits per heavy atom. The molecule has 2 N–H and O–H groups in total. The van der Waals surface area contributed by atoms with Crippen molar-refractivity contribution < 1.29 is 13.5 Å². The van der Waals surface area contributed by atoms with Crippen LogP contribution in [0.4, 0.5) is 0 Å². The van der Waals surface area contributed by atoms with Crippen LogP contribution in [-0.4, -0.2) is 44.6 Å². The summed E-state index contributed by atoms with van der Waals surface area (Å²) in [5, 5.41) is 10.5. The summed E-state index contributed by atoms with van der Waals surface area (Å²) in [5.74, 6) is 0. The first-order valence-corrected chi connectivity index (χ1v) is 7.91. The predicted molar refractivity (Wildman–Crippen MR) is 73.2 cm³/mol. The number of thiophene rings is 1. The van der Waals surface area contributed by atoms with E-state index < -0.39 is 10.0 Å². The lowest BCUT2D eigenvalue weighted by molar-refractivity contribution is 0.199. The van der Waals surface area contributed by atoms with Gasteiger partial charge in [0.1, 0.15) is 0 Å². The van der Waals surface area contributed by atoms with Crippen molar-refractivity contribution in [3.63, 3.8) is 0 Å². The molecule has 1 aromatic heterocycles. The lowest BCUT2D eigenvalue weighted by atomic mass is 10.1. The van der Waals surface area contributed by atoms with Crippen LogP contribution in [0.5, 0.6) is 0 Å². The maximum absolute atomic E-state index is 12.0. The molecule has 1 rings (SSSR count). The molecule has 104 valence electrons. The standard InChI is InChI=1S/C11H20N2O3S2/c1-11(2,13(3)4)8-12-18(15,16)10-5-9(6-14)17-7-10/h5,7,12,14H,6,8H2,1-4H3. The van der Waals surface area contributed by atoms with E-state index in [4.69, 9.17) is 5.11 Å². The SMILES string of the molecule is CN(C)C(C)(C)CNS(=O)(=O)c1csc(CO)c1. The molecule has 7 heteroatoms. The third-order valence-electron chi connectivity index (χ3n) is 3.00. The fourth-order valence-corrected chi connectivity index (χ4v) is 3.44. The third-order valence-corrected chi connectivity index (χ3v) is 5.45. The van der Waals surface area contributed by atoms with Crippen LogP contribution in [-0.2, 0) is 16.6 Å². The maximum Gasteiger partial charge on any atom is 0.241 e. The molecule has 18 heavy (non-hydrogen) atoms. The largest absolute Gasteiger partial charge is 0.391 e. The van der Waals surface area contributed by atoms with E-state index in [0.29, 0.717) is 11.4 Å². The van der Waals surface area contributed by atoms with Crippen LogP contribution >= 0.6 is 11.3 Å². The van der Waals surface area contributed by atoms with Gasteiger partial charge in [-0.05, 0) is 34.0 Å². The number of nitrogens with zero attached hydrogens (tertiary/aromatic N) is 1. The van der Waals surface area contributed by atoms with Gasteiger partial charge in [-0.25, -0.2) is 13.1 Å². The molecule has 0 aliphatic rings. The number of hydrogen-bond donors (Lipinski definition) is 2. The highest BCUT2D eigenvalue weighted by molar-refractivity contribution is 7.89. The quantitative estimate of drug-likeness (QED) is 0.816. The molecular formula is C11H20N2O3S2. The molecule has 0 fully saturated rings. The van der Waals surface area contributed by atoms with Crippen LogP contribution in [0.1, 0.15) is 18.7 Å². The Hall–Kier alpha value is -0.470. The first-order chi connectivity index (χ1) is 8.19. The van der Waals surface area contributed by atoms with Gasteiger partial charge in [-0.15, -0.1) is 11.3 Å². The van der Waals surface area contributed by atoms with Gasteiger partial charge >= 0.3 is 0 Å². The van der Waals surface area contributed by atoms with Gasteiger partial charge in [0, 0.05) is 22.3 Å². The zero-order valence-corrected chi connectivity index (χ0v) is 12.7. The average Bonchev–Trinajstić information content (AvgIpc) is 2.75. The van der Waals surface area contributed by atoms with Gasteiger partial charge in [-0.3, -0.25) is 0 Å². The molecule has 0 aliphatic heterocycles. The Labute approximate surface area is 112 Å². The molecule has 0 radical (unpaired) electrons. The fraction of sp³-hybridized carbons (Fsp3) is 0.636. The molecule has 0 aromatic carbocycles. The Kier molecular flexibility index (Phi) is 4.90. The van der Waals surface area contributed by atoms with Crippen LogP contribution in [0.2, 0.25) is 0 Å². The second-order valence-electron chi connectivity index (χ2n) is 4.94. The zero-order chi connectivity index (χ0) is 14.0. The van der Waals surface area contributed by atoms with E-state index in [-0.39, 0.29) is 17.0 Å². The number of aliphatic hydroxyl groups is 1. The molecule has 0 bridgehead atoms. The van der Waals surface area contributed by atoms with Crippen molar-refractivity contribution in [3.8, 4) is 0 Å². The topological polar surface area (TPSA) is 69.6 Å². The Morgan fingerprint density at radius 1 is 1.44 bits per heavy atom. The Balaban J connectivity index is 2.77. The molecule has 0 atom stereocenters. The third kappa shape index (κ3) is 3.76. The summed E-state index contributed by atoms with van der Waals surface area (Å²) in [7, 11) is 0.317. The summed E-state index contributed by atoms with van der Waals surface area (Å²) in [4.78, 5) is 2.82. The predicted octanol–water partition coefficient (Wildman–Crippen LogP) is 0.859. The number of likely N-dealkylation sites (N-methyl/N-ethyl adjacent to an activating group) is 1. The number of hydrogen-bond acceptors (Lipinski definition) is 5. The molecule has 0 unspecified atom stereocenters. The summed E-state index contributed by atoms with van der Waals surface area (Å²) in [6.45, 7) is 4.11. The monoisotopic (exact) mass is 292 g/mol.